The minimum atomic E-state index is 0.695. The summed E-state index contributed by atoms with van der Waals surface area (Å²) in [6, 6.07) is 6.79. The number of pyridine rings is 1. The van der Waals surface area contributed by atoms with Crippen molar-refractivity contribution < 1.29 is 0 Å². The standard InChI is InChI=1S/C13H20N2/c1-11-6-2-3-8-13(11)15-10-12-7-4-5-9-14-12/h4-5,7,9,11,13,15H,2-3,6,8,10H2,1H3/t11-,13-/m0/s1. The maximum absolute atomic E-state index is 4.33. The van der Waals surface area contributed by atoms with E-state index in [1.165, 1.54) is 25.7 Å². The molecule has 0 radical (unpaired) electrons. The molecule has 1 N–H and O–H groups in total. The van der Waals surface area contributed by atoms with Crippen LogP contribution in [-0.4, -0.2) is 11.0 Å². The van der Waals surface area contributed by atoms with Crippen molar-refractivity contribution in [3.05, 3.63) is 30.1 Å². The maximum Gasteiger partial charge on any atom is 0.0541 e. The molecule has 1 heterocycles. The van der Waals surface area contributed by atoms with Crippen molar-refractivity contribution in [1.82, 2.24) is 10.3 Å². The van der Waals surface area contributed by atoms with E-state index in [9.17, 15) is 0 Å². The molecule has 0 bridgehead atoms. The molecule has 2 heteroatoms. The number of hydrogen-bond donors (Lipinski definition) is 1. The number of nitrogens with one attached hydrogen (secondary N) is 1. The van der Waals surface area contributed by atoms with E-state index >= 15 is 0 Å². The van der Waals surface area contributed by atoms with E-state index in [-0.39, 0.29) is 0 Å². The average molecular weight is 204 g/mol. The highest BCUT2D eigenvalue weighted by molar-refractivity contribution is 5.03. The summed E-state index contributed by atoms with van der Waals surface area (Å²) in [5, 5.41) is 3.63. The Hall–Kier alpha value is -0.890. The van der Waals surface area contributed by atoms with Gasteiger partial charge in [-0.2, -0.15) is 0 Å². The second-order valence-corrected chi connectivity index (χ2v) is 4.57. The molecule has 0 saturated heterocycles. The molecule has 2 nitrogen and oxygen atoms in total. The fourth-order valence-electron chi connectivity index (χ4n) is 2.36. The van der Waals surface area contributed by atoms with Crippen LogP contribution in [0.3, 0.4) is 0 Å². The Balaban J connectivity index is 1.82. The van der Waals surface area contributed by atoms with E-state index in [1.807, 2.05) is 18.3 Å². The SMILES string of the molecule is C[C@H]1CCCC[C@@H]1NCc1ccccn1. The van der Waals surface area contributed by atoms with Crippen molar-refractivity contribution in [2.75, 3.05) is 0 Å². The summed E-state index contributed by atoms with van der Waals surface area (Å²) in [4.78, 5) is 4.33. The summed E-state index contributed by atoms with van der Waals surface area (Å²) >= 11 is 0. The monoisotopic (exact) mass is 204 g/mol. The molecular formula is C13H20N2. The van der Waals surface area contributed by atoms with E-state index < -0.39 is 0 Å². The summed E-state index contributed by atoms with van der Waals surface area (Å²) in [5.41, 5.74) is 1.15. The van der Waals surface area contributed by atoms with Crippen LogP contribution in [0.1, 0.15) is 38.3 Å². The topological polar surface area (TPSA) is 24.9 Å². The molecule has 1 aromatic heterocycles. The molecule has 1 aromatic rings. The van der Waals surface area contributed by atoms with Crippen molar-refractivity contribution in [1.29, 1.82) is 0 Å². The summed E-state index contributed by atoms with van der Waals surface area (Å²) in [6.45, 7) is 3.27. The number of aromatic nitrogens is 1. The summed E-state index contributed by atoms with van der Waals surface area (Å²) in [6.07, 6.45) is 7.35. The molecule has 82 valence electrons. The molecule has 2 rings (SSSR count). The van der Waals surface area contributed by atoms with E-state index in [0.29, 0.717) is 6.04 Å². The average Bonchev–Trinajstić information content (AvgIpc) is 2.29. The van der Waals surface area contributed by atoms with Crippen molar-refractivity contribution in [2.45, 2.75) is 45.2 Å². The molecular weight excluding hydrogens is 184 g/mol. The highest BCUT2D eigenvalue weighted by Crippen LogP contribution is 2.23. The van der Waals surface area contributed by atoms with E-state index in [0.717, 1.165) is 18.2 Å². The quantitative estimate of drug-likeness (QED) is 0.819. The van der Waals surface area contributed by atoms with Crippen LogP contribution in [0.15, 0.2) is 24.4 Å². The van der Waals surface area contributed by atoms with Gasteiger partial charge in [-0.15, -0.1) is 0 Å². The van der Waals surface area contributed by atoms with Gasteiger partial charge in [0, 0.05) is 18.8 Å². The summed E-state index contributed by atoms with van der Waals surface area (Å²) in [7, 11) is 0. The van der Waals surface area contributed by atoms with Gasteiger partial charge < -0.3 is 5.32 Å². The minimum absolute atomic E-state index is 0.695. The Kier molecular flexibility index (Phi) is 3.73. The van der Waals surface area contributed by atoms with Gasteiger partial charge >= 0.3 is 0 Å². The fraction of sp³-hybridized carbons (Fsp3) is 0.615. The van der Waals surface area contributed by atoms with Gasteiger partial charge in [-0.05, 0) is 30.9 Å². The van der Waals surface area contributed by atoms with Crippen LogP contribution < -0.4 is 5.32 Å². The largest absolute Gasteiger partial charge is 0.308 e. The second kappa shape index (κ2) is 5.26. The second-order valence-electron chi connectivity index (χ2n) is 4.57. The predicted molar refractivity (Wildman–Crippen MR) is 62.5 cm³/mol. The molecule has 2 atom stereocenters. The minimum Gasteiger partial charge on any atom is -0.308 e. The van der Waals surface area contributed by atoms with Gasteiger partial charge in [0.2, 0.25) is 0 Å². The van der Waals surface area contributed by atoms with Crippen molar-refractivity contribution in [2.24, 2.45) is 5.92 Å². The van der Waals surface area contributed by atoms with Gasteiger partial charge in [-0.3, -0.25) is 4.98 Å². The van der Waals surface area contributed by atoms with Crippen LogP contribution in [0, 0.1) is 5.92 Å². The molecule has 0 aliphatic heterocycles. The van der Waals surface area contributed by atoms with Crippen molar-refractivity contribution in [3.63, 3.8) is 0 Å². The molecule has 0 aromatic carbocycles. The third kappa shape index (κ3) is 3.03. The van der Waals surface area contributed by atoms with Crippen LogP contribution in [0.2, 0.25) is 0 Å². The van der Waals surface area contributed by atoms with Gasteiger partial charge in [0.25, 0.3) is 0 Å². The Morgan fingerprint density at radius 1 is 1.33 bits per heavy atom. The first-order valence-corrected chi connectivity index (χ1v) is 5.99. The maximum atomic E-state index is 4.33. The third-order valence-electron chi connectivity index (χ3n) is 3.38. The van der Waals surface area contributed by atoms with Crippen molar-refractivity contribution in [3.8, 4) is 0 Å². The smallest absolute Gasteiger partial charge is 0.0541 e. The molecule has 0 unspecified atom stereocenters. The summed E-state index contributed by atoms with van der Waals surface area (Å²) < 4.78 is 0. The molecule has 1 saturated carbocycles. The first-order valence-electron chi connectivity index (χ1n) is 5.99. The van der Waals surface area contributed by atoms with Gasteiger partial charge in [-0.25, -0.2) is 0 Å². The first-order chi connectivity index (χ1) is 7.36. The van der Waals surface area contributed by atoms with Crippen LogP contribution in [0.25, 0.3) is 0 Å². The fourth-order valence-corrected chi connectivity index (χ4v) is 2.36. The van der Waals surface area contributed by atoms with E-state index in [1.54, 1.807) is 0 Å². The van der Waals surface area contributed by atoms with Gasteiger partial charge in [-0.1, -0.05) is 25.8 Å². The Labute approximate surface area is 92.1 Å². The highest BCUT2D eigenvalue weighted by atomic mass is 14.9. The molecule has 1 aliphatic carbocycles. The molecule has 15 heavy (non-hydrogen) atoms. The zero-order valence-corrected chi connectivity index (χ0v) is 9.45. The lowest BCUT2D eigenvalue weighted by Crippen LogP contribution is -2.36. The Bertz CT molecular complexity index is 284. The lowest BCUT2D eigenvalue weighted by atomic mass is 9.86. The highest BCUT2D eigenvalue weighted by Gasteiger charge is 2.20. The van der Waals surface area contributed by atoms with Crippen LogP contribution >= 0.6 is 0 Å². The molecule has 0 amide bonds. The lowest BCUT2D eigenvalue weighted by Gasteiger charge is -2.29. The zero-order valence-electron chi connectivity index (χ0n) is 9.45. The van der Waals surface area contributed by atoms with Crippen molar-refractivity contribution >= 4 is 0 Å². The normalized spacial score (nSPS) is 26.5. The van der Waals surface area contributed by atoms with Gasteiger partial charge in [0.15, 0.2) is 0 Å². The van der Waals surface area contributed by atoms with Crippen LogP contribution in [0.4, 0.5) is 0 Å². The van der Waals surface area contributed by atoms with Gasteiger partial charge in [0.05, 0.1) is 5.69 Å². The van der Waals surface area contributed by atoms with Crippen LogP contribution in [0.5, 0.6) is 0 Å². The van der Waals surface area contributed by atoms with Crippen LogP contribution in [-0.2, 0) is 6.54 Å². The number of hydrogen-bond acceptors (Lipinski definition) is 2. The molecule has 0 spiro atoms. The number of nitrogens with zero attached hydrogens (tertiary/aromatic N) is 1. The van der Waals surface area contributed by atoms with E-state index in [2.05, 4.69) is 23.3 Å². The molecule has 1 aliphatic rings. The Morgan fingerprint density at radius 2 is 2.20 bits per heavy atom. The Morgan fingerprint density at radius 3 is 2.93 bits per heavy atom. The van der Waals surface area contributed by atoms with Gasteiger partial charge in [0.1, 0.15) is 0 Å². The lowest BCUT2D eigenvalue weighted by molar-refractivity contribution is 0.278. The van der Waals surface area contributed by atoms with E-state index in [4.69, 9.17) is 0 Å². The first kappa shape index (κ1) is 10.6. The third-order valence-corrected chi connectivity index (χ3v) is 3.38. The summed E-state index contributed by atoms with van der Waals surface area (Å²) in [5.74, 6) is 0.822. The molecule has 1 fully saturated rings. The zero-order chi connectivity index (χ0) is 10.5. The predicted octanol–water partition coefficient (Wildman–Crippen LogP) is 2.75. The number of rotatable bonds is 3.